The number of halogens is 1. The second kappa shape index (κ2) is 4.40. The van der Waals surface area contributed by atoms with Crippen molar-refractivity contribution in [2.45, 2.75) is 25.4 Å². The normalized spacial score (nSPS) is 20.9. The van der Waals surface area contributed by atoms with E-state index in [0.717, 1.165) is 24.3 Å². The molecule has 0 radical (unpaired) electrons. The molecule has 6 heteroatoms. The number of pyridine rings is 1. The van der Waals surface area contributed by atoms with Crippen LogP contribution in [-0.4, -0.2) is 39.1 Å². The van der Waals surface area contributed by atoms with E-state index in [4.69, 9.17) is 17.3 Å². The molecule has 1 unspecified atom stereocenters. The summed E-state index contributed by atoms with van der Waals surface area (Å²) in [5.41, 5.74) is 7.56. The van der Waals surface area contributed by atoms with Crippen molar-refractivity contribution < 1.29 is 0 Å². The molecule has 1 aliphatic rings. The van der Waals surface area contributed by atoms with Gasteiger partial charge in [-0.15, -0.1) is 0 Å². The molecule has 1 saturated heterocycles. The first-order valence-corrected chi connectivity index (χ1v) is 6.50. The molecular formula is C12H16ClN5. The number of likely N-dealkylation sites (N-methyl/N-ethyl adjacent to an activating group) is 1. The minimum atomic E-state index is 0.514. The second-order valence-corrected chi connectivity index (χ2v) is 5.29. The predicted molar refractivity (Wildman–Crippen MR) is 72.6 cm³/mol. The Morgan fingerprint density at radius 1 is 1.56 bits per heavy atom. The quantitative estimate of drug-likeness (QED) is 0.899. The van der Waals surface area contributed by atoms with Crippen LogP contribution in [0.1, 0.15) is 12.8 Å². The zero-order valence-electron chi connectivity index (χ0n) is 10.3. The van der Waals surface area contributed by atoms with E-state index >= 15 is 0 Å². The summed E-state index contributed by atoms with van der Waals surface area (Å²) in [6, 6.07) is 2.32. The number of rotatable bonds is 2. The maximum absolute atomic E-state index is 5.98. The fourth-order valence-corrected chi connectivity index (χ4v) is 2.76. The highest BCUT2D eigenvalue weighted by molar-refractivity contribution is 6.31. The lowest BCUT2D eigenvalue weighted by molar-refractivity contribution is 0.285. The van der Waals surface area contributed by atoms with E-state index in [0.29, 0.717) is 17.0 Å². The molecule has 0 aromatic carbocycles. The number of nitrogen functional groups attached to an aromatic ring is 1. The average molecular weight is 266 g/mol. The Kier molecular flexibility index (Phi) is 2.87. The molecule has 0 spiro atoms. The van der Waals surface area contributed by atoms with Crippen LogP contribution in [0.3, 0.4) is 0 Å². The van der Waals surface area contributed by atoms with Gasteiger partial charge < -0.3 is 10.6 Å². The Balaban J connectivity index is 1.98. The van der Waals surface area contributed by atoms with Gasteiger partial charge in [0.2, 0.25) is 5.95 Å². The van der Waals surface area contributed by atoms with Crippen LogP contribution in [-0.2, 0) is 6.54 Å². The molecule has 1 aliphatic heterocycles. The summed E-state index contributed by atoms with van der Waals surface area (Å²) in [5, 5.41) is 0.588. The zero-order valence-corrected chi connectivity index (χ0v) is 11.1. The standard InChI is InChI=1S/C12H16ClN5/c1-17-4-2-3-9(17)7-18-11-10(16-12(18)14)5-8(13)6-15-11/h5-6,9H,2-4,7H2,1H3,(H2,14,16). The number of likely N-dealkylation sites (tertiary alicyclic amines) is 1. The fourth-order valence-electron chi connectivity index (χ4n) is 2.60. The molecule has 0 bridgehead atoms. The summed E-state index contributed by atoms with van der Waals surface area (Å²) < 4.78 is 1.98. The van der Waals surface area contributed by atoms with E-state index in [1.807, 2.05) is 4.57 Å². The van der Waals surface area contributed by atoms with E-state index in [9.17, 15) is 0 Å². The molecule has 0 amide bonds. The molecule has 5 nitrogen and oxygen atoms in total. The van der Waals surface area contributed by atoms with Gasteiger partial charge in [0.25, 0.3) is 0 Å². The largest absolute Gasteiger partial charge is 0.369 e. The molecular weight excluding hydrogens is 250 g/mol. The van der Waals surface area contributed by atoms with Gasteiger partial charge in [-0.3, -0.25) is 4.57 Å². The summed E-state index contributed by atoms with van der Waals surface area (Å²) >= 11 is 5.91. The SMILES string of the molecule is CN1CCCC1Cn1c(N)nc2cc(Cl)cnc21. The van der Waals surface area contributed by atoms with Crippen molar-refractivity contribution in [1.82, 2.24) is 19.4 Å². The number of imidazole rings is 1. The van der Waals surface area contributed by atoms with Gasteiger partial charge in [-0.25, -0.2) is 9.97 Å². The third-order valence-corrected chi connectivity index (χ3v) is 3.85. The van der Waals surface area contributed by atoms with Crippen molar-refractivity contribution in [1.29, 1.82) is 0 Å². The van der Waals surface area contributed by atoms with Crippen LogP contribution in [0, 0.1) is 0 Å². The molecule has 1 atom stereocenters. The molecule has 2 aromatic heterocycles. The minimum absolute atomic E-state index is 0.514. The summed E-state index contributed by atoms with van der Waals surface area (Å²) in [6.45, 7) is 1.99. The number of hydrogen-bond acceptors (Lipinski definition) is 4. The number of fused-ring (bicyclic) bond motifs is 1. The molecule has 3 rings (SSSR count). The van der Waals surface area contributed by atoms with Crippen LogP contribution in [0.15, 0.2) is 12.3 Å². The number of nitrogens with zero attached hydrogens (tertiary/aromatic N) is 4. The second-order valence-electron chi connectivity index (χ2n) is 4.85. The van der Waals surface area contributed by atoms with Crippen LogP contribution < -0.4 is 5.73 Å². The van der Waals surface area contributed by atoms with Crippen molar-refractivity contribution in [3.63, 3.8) is 0 Å². The Hall–Kier alpha value is -1.33. The van der Waals surface area contributed by atoms with Crippen LogP contribution >= 0.6 is 11.6 Å². The average Bonchev–Trinajstić information content (AvgIpc) is 2.85. The molecule has 18 heavy (non-hydrogen) atoms. The summed E-state index contributed by atoms with van der Waals surface area (Å²) in [7, 11) is 2.15. The van der Waals surface area contributed by atoms with Crippen molar-refractivity contribution in [3.05, 3.63) is 17.3 Å². The monoisotopic (exact) mass is 265 g/mol. The highest BCUT2D eigenvalue weighted by atomic mass is 35.5. The van der Waals surface area contributed by atoms with E-state index in [-0.39, 0.29) is 0 Å². The Labute approximate surface area is 111 Å². The van der Waals surface area contributed by atoms with Crippen LogP contribution in [0.2, 0.25) is 5.02 Å². The number of nitrogens with two attached hydrogens (primary N) is 1. The van der Waals surface area contributed by atoms with Gasteiger partial charge in [-0.1, -0.05) is 11.6 Å². The van der Waals surface area contributed by atoms with Crippen molar-refractivity contribution >= 4 is 28.7 Å². The Bertz CT molecular complexity index is 579. The molecule has 0 aliphatic carbocycles. The fraction of sp³-hybridized carbons (Fsp3) is 0.500. The number of aromatic nitrogens is 3. The number of hydrogen-bond donors (Lipinski definition) is 1. The van der Waals surface area contributed by atoms with Crippen molar-refractivity contribution in [2.75, 3.05) is 19.3 Å². The van der Waals surface area contributed by atoms with Gasteiger partial charge in [0.05, 0.1) is 5.02 Å². The molecule has 3 heterocycles. The highest BCUT2D eigenvalue weighted by Crippen LogP contribution is 2.23. The maximum atomic E-state index is 5.98. The molecule has 0 saturated carbocycles. The Morgan fingerprint density at radius 2 is 2.39 bits per heavy atom. The summed E-state index contributed by atoms with van der Waals surface area (Å²) in [6.07, 6.45) is 4.08. The molecule has 96 valence electrons. The molecule has 1 fully saturated rings. The van der Waals surface area contributed by atoms with E-state index < -0.39 is 0 Å². The first-order chi connectivity index (χ1) is 8.65. The topological polar surface area (TPSA) is 60.0 Å². The van der Waals surface area contributed by atoms with E-state index in [1.165, 1.54) is 12.8 Å². The molecule has 2 N–H and O–H groups in total. The lowest BCUT2D eigenvalue weighted by Gasteiger charge is -2.20. The van der Waals surface area contributed by atoms with Gasteiger partial charge in [0.15, 0.2) is 5.65 Å². The summed E-state index contributed by atoms with van der Waals surface area (Å²) in [5.74, 6) is 0.514. The van der Waals surface area contributed by atoms with Crippen LogP contribution in [0.5, 0.6) is 0 Å². The van der Waals surface area contributed by atoms with Gasteiger partial charge >= 0.3 is 0 Å². The van der Waals surface area contributed by atoms with Gasteiger partial charge in [-0.05, 0) is 32.5 Å². The third kappa shape index (κ3) is 1.93. The van der Waals surface area contributed by atoms with E-state index in [1.54, 1.807) is 12.3 Å². The smallest absolute Gasteiger partial charge is 0.202 e. The minimum Gasteiger partial charge on any atom is -0.369 e. The van der Waals surface area contributed by atoms with Crippen LogP contribution in [0.4, 0.5) is 5.95 Å². The number of anilines is 1. The van der Waals surface area contributed by atoms with Gasteiger partial charge in [0, 0.05) is 18.8 Å². The zero-order chi connectivity index (χ0) is 12.7. The Morgan fingerprint density at radius 3 is 3.11 bits per heavy atom. The lowest BCUT2D eigenvalue weighted by atomic mass is 10.2. The first-order valence-electron chi connectivity index (χ1n) is 6.12. The van der Waals surface area contributed by atoms with Crippen molar-refractivity contribution in [3.8, 4) is 0 Å². The van der Waals surface area contributed by atoms with Gasteiger partial charge in [0.1, 0.15) is 5.52 Å². The van der Waals surface area contributed by atoms with Crippen LogP contribution in [0.25, 0.3) is 11.2 Å². The van der Waals surface area contributed by atoms with E-state index in [2.05, 4.69) is 21.9 Å². The van der Waals surface area contributed by atoms with Crippen molar-refractivity contribution in [2.24, 2.45) is 0 Å². The third-order valence-electron chi connectivity index (χ3n) is 3.65. The summed E-state index contributed by atoms with van der Waals surface area (Å²) in [4.78, 5) is 11.0. The lowest BCUT2D eigenvalue weighted by Crippen LogP contribution is -2.29. The van der Waals surface area contributed by atoms with Gasteiger partial charge in [-0.2, -0.15) is 0 Å². The highest BCUT2D eigenvalue weighted by Gasteiger charge is 2.23. The maximum Gasteiger partial charge on any atom is 0.202 e. The first kappa shape index (κ1) is 11.7. The molecule has 2 aromatic rings. The predicted octanol–water partition coefficient (Wildman–Crippen LogP) is 1.76.